The summed E-state index contributed by atoms with van der Waals surface area (Å²) in [6.45, 7) is 16.0. The van der Waals surface area contributed by atoms with Gasteiger partial charge in [-0.05, 0) is 76.5 Å². The number of aliphatic hydroxyl groups is 3. The molecule has 0 aromatic rings. The number of esters is 2. The molecule has 0 aromatic heterocycles. The number of fused-ring (bicyclic) bond motifs is 1. The maximum atomic E-state index is 12.9. The molecule has 1 saturated carbocycles. The Labute approximate surface area is 245 Å². The van der Waals surface area contributed by atoms with Crippen LogP contribution in [0.3, 0.4) is 0 Å². The molecule has 11 atom stereocenters. The Kier molecular flexibility index (Phi) is 10.9. The molecular weight excluding hydrogens is 528 g/mol. The molecule has 9 nitrogen and oxygen atoms in total. The van der Waals surface area contributed by atoms with Crippen LogP contribution in [0, 0.1) is 28.6 Å². The summed E-state index contributed by atoms with van der Waals surface area (Å²) in [7, 11) is 1.41. The van der Waals surface area contributed by atoms with Gasteiger partial charge in [0.1, 0.15) is 24.4 Å². The maximum Gasteiger partial charge on any atom is 0.331 e. The molecule has 0 radical (unpaired) electrons. The van der Waals surface area contributed by atoms with E-state index in [-0.39, 0.29) is 29.1 Å². The first-order valence-electron chi connectivity index (χ1n) is 15.0. The number of aliphatic hydroxyl groups excluding tert-OH is 3. The van der Waals surface area contributed by atoms with Gasteiger partial charge in [-0.2, -0.15) is 0 Å². The van der Waals surface area contributed by atoms with Gasteiger partial charge >= 0.3 is 11.9 Å². The van der Waals surface area contributed by atoms with Gasteiger partial charge in [0.2, 0.25) is 0 Å². The molecule has 0 bridgehead atoms. The molecule has 1 saturated heterocycles. The Morgan fingerprint density at radius 3 is 2.41 bits per heavy atom. The molecular formula is C32H52O9. The lowest BCUT2D eigenvalue weighted by atomic mass is 9.46. The Balaban J connectivity index is 1.97. The van der Waals surface area contributed by atoms with E-state index in [0.717, 1.165) is 24.8 Å². The lowest BCUT2D eigenvalue weighted by Gasteiger charge is -2.61. The predicted octanol–water partition coefficient (Wildman–Crippen LogP) is 4.08. The van der Waals surface area contributed by atoms with Crippen LogP contribution >= 0.6 is 0 Å². The second-order valence-electron chi connectivity index (χ2n) is 13.7. The van der Waals surface area contributed by atoms with E-state index in [1.807, 2.05) is 13.8 Å². The summed E-state index contributed by atoms with van der Waals surface area (Å²) in [5.41, 5.74) is 1.35. The molecule has 9 heteroatoms. The van der Waals surface area contributed by atoms with Crippen molar-refractivity contribution in [3.8, 4) is 0 Å². The first-order valence-corrected chi connectivity index (χ1v) is 15.0. The molecule has 0 unspecified atom stereocenters. The predicted molar refractivity (Wildman–Crippen MR) is 153 cm³/mol. The average Bonchev–Trinajstić information content (AvgIpc) is 2.87. The van der Waals surface area contributed by atoms with Crippen molar-refractivity contribution < 1.29 is 43.9 Å². The molecule has 3 N–H and O–H groups in total. The van der Waals surface area contributed by atoms with Crippen LogP contribution in [0.15, 0.2) is 23.3 Å². The third kappa shape index (κ3) is 7.24. The van der Waals surface area contributed by atoms with Crippen LogP contribution in [-0.4, -0.2) is 77.3 Å². The van der Waals surface area contributed by atoms with E-state index in [2.05, 4.69) is 40.7 Å². The third-order valence-corrected chi connectivity index (χ3v) is 9.89. The van der Waals surface area contributed by atoms with Gasteiger partial charge in [0, 0.05) is 17.9 Å². The van der Waals surface area contributed by atoms with Gasteiger partial charge in [-0.3, -0.25) is 4.79 Å². The quantitative estimate of drug-likeness (QED) is 0.210. The van der Waals surface area contributed by atoms with Gasteiger partial charge in [0.15, 0.2) is 6.29 Å². The zero-order valence-corrected chi connectivity index (χ0v) is 26.3. The molecule has 0 spiro atoms. The standard InChI is InChI=1S/C32H52O9/c1-17(2)14-25(34)41-29-22(40-30-28(37)27(36)26(35)20(5)39-30)16-32(8)21(12-10-18(3)15-24(33)38-9)19(4)11-13-23(32)31(29,6)7/h11,14,18,20-23,26-30,35-37H,10,12-13,15-16H2,1-9H3/t18-,20+,21-,22+,23-,26-,27-,28+,29-,30-,32+/m1/s1. The molecule has 234 valence electrons. The highest BCUT2D eigenvalue weighted by Crippen LogP contribution is 2.62. The van der Waals surface area contributed by atoms with E-state index < -0.39 is 54.3 Å². The first-order chi connectivity index (χ1) is 19.0. The van der Waals surface area contributed by atoms with Gasteiger partial charge in [0.05, 0.1) is 19.3 Å². The minimum Gasteiger partial charge on any atom is -0.469 e. The second-order valence-corrected chi connectivity index (χ2v) is 13.7. The van der Waals surface area contributed by atoms with Crippen molar-refractivity contribution >= 4 is 11.9 Å². The zero-order valence-electron chi connectivity index (χ0n) is 26.3. The summed E-state index contributed by atoms with van der Waals surface area (Å²) in [4.78, 5) is 24.8. The highest BCUT2D eigenvalue weighted by molar-refractivity contribution is 5.82. The fourth-order valence-electron chi connectivity index (χ4n) is 7.65. The van der Waals surface area contributed by atoms with Gasteiger partial charge in [0.25, 0.3) is 0 Å². The number of rotatable bonds is 9. The smallest absolute Gasteiger partial charge is 0.331 e. The van der Waals surface area contributed by atoms with E-state index in [4.69, 9.17) is 18.9 Å². The van der Waals surface area contributed by atoms with E-state index in [0.29, 0.717) is 12.8 Å². The average molecular weight is 581 g/mol. The summed E-state index contributed by atoms with van der Waals surface area (Å²) in [5, 5.41) is 31.4. The van der Waals surface area contributed by atoms with Crippen LogP contribution in [0.4, 0.5) is 0 Å². The van der Waals surface area contributed by atoms with Crippen LogP contribution in [0.1, 0.15) is 87.5 Å². The molecule has 41 heavy (non-hydrogen) atoms. The number of methoxy groups -OCH3 is 1. The maximum absolute atomic E-state index is 12.9. The summed E-state index contributed by atoms with van der Waals surface area (Å²) in [6, 6.07) is 0. The molecule has 2 aliphatic carbocycles. The molecule has 2 fully saturated rings. The highest BCUT2D eigenvalue weighted by atomic mass is 16.7. The van der Waals surface area contributed by atoms with E-state index in [1.54, 1.807) is 6.92 Å². The number of hydrogen-bond donors (Lipinski definition) is 3. The monoisotopic (exact) mass is 580 g/mol. The van der Waals surface area contributed by atoms with Crippen LogP contribution in [0.5, 0.6) is 0 Å². The van der Waals surface area contributed by atoms with Crippen molar-refractivity contribution in [2.75, 3.05) is 7.11 Å². The third-order valence-electron chi connectivity index (χ3n) is 9.89. The minimum atomic E-state index is -1.47. The Bertz CT molecular complexity index is 999. The van der Waals surface area contributed by atoms with Gasteiger partial charge in [-0.1, -0.05) is 44.9 Å². The SMILES string of the molecule is COC(=O)C[C@H](C)CC[C@@H]1C(C)=CC[C@@H]2C(C)(C)[C@H](OC(=O)C=C(C)C)[C@@H](O[C@H]3O[C@@H](C)[C@@H](O)[C@@H](O)[C@@H]3O)C[C@@]12C. The number of carbonyl (C=O) groups excluding carboxylic acids is 2. The molecule has 1 heterocycles. The normalized spacial score (nSPS) is 39.1. The number of carbonyl (C=O) groups is 2. The summed E-state index contributed by atoms with van der Waals surface area (Å²) >= 11 is 0. The fourth-order valence-corrected chi connectivity index (χ4v) is 7.65. The van der Waals surface area contributed by atoms with Crippen molar-refractivity contribution in [1.82, 2.24) is 0 Å². The molecule has 1 aliphatic heterocycles. The van der Waals surface area contributed by atoms with Crippen molar-refractivity contribution in [3.05, 3.63) is 23.3 Å². The molecule has 3 aliphatic rings. The topological polar surface area (TPSA) is 132 Å². The van der Waals surface area contributed by atoms with Crippen LogP contribution < -0.4 is 0 Å². The van der Waals surface area contributed by atoms with Crippen molar-refractivity contribution in [1.29, 1.82) is 0 Å². The summed E-state index contributed by atoms with van der Waals surface area (Å²) in [6.07, 6.45) is -0.163. The second kappa shape index (κ2) is 13.2. The van der Waals surface area contributed by atoms with Crippen molar-refractivity contribution in [3.63, 3.8) is 0 Å². The Morgan fingerprint density at radius 2 is 1.80 bits per heavy atom. The fraction of sp³-hybridized carbons (Fsp3) is 0.812. The van der Waals surface area contributed by atoms with Crippen LogP contribution in [0.2, 0.25) is 0 Å². The Hall–Kier alpha value is -1.78. The molecule has 0 aromatic carbocycles. The highest BCUT2D eigenvalue weighted by Gasteiger charge is 2.61. The largest absolute Gasteiger partial charge is 0.469 e. The van der Waals surface area contributed by atoms with Gasteiger partial charge < -0.3 is 34.3 Å². The minimum absolute atomic E-state index is 0.160. The molecule has 0 amide bonds. The first kappa shape index (κ1) is 33.7. The number of hydrogen-bond acceptors (Lipinski definition) is 9. The van der Waals surface area contributed by atoms with Crippen molar-refractivity contribution in [2.24, 2.45) is 28.6 Å². The van der Waals surface area contributed by atoms with Gasteiger partial charge in [-0.25, -0.2) is 4.79 Å². The van der Waals surface area contributed by atoms with E-state index in [9.17, 15) is 24.9 Å². The lowest BCUT2D eigenvalue weighted by Crippen LogP contribution is -2.64. The summed E-state index contributed by atoms with van der Waals surface area (Å²) < 4.78 is 23.3. The van der Waals surface area contributed by atoms with E-state index in [1.165, 1.54) is 18.8 Å². The van der Waals surface area contributed by atoms with E-state index >= 15 is 0 Å². The van der Waals surface area contributed by atoms with Crippen LogP contribution in [0.25, 0.3) is 0 Å². The Morgan fingerprint density at radius 1 is 1.15 bits per heavy atom. The number of allylic oxidation sites excluding steroid dienone is 3. The van der Waals surface area contributed by atoms with Crippen LogP contribution in [-0.2, 0) is 28.5 Å². The summed E-state index contributed by atoms with van der Waals surface area (Å²) in [5.74, 6) is -0.138. The van der Waals surface area contributed by atoms with Gasteiger partial charge in [-0.15, -0.1) is 0 Å². The lowest BCUT2D eigenvalue weighted by molar-refractivity contribution is -0.325. The number of ether oxygens (including phenoxy) is 4. The van der Waals surface area contributed by atoms with Crippen molar-refractivity contribution in [2.45, 2.75) is 130 Å². The molecule has 3 rings (SSSR count). The zero-order chi connectivity index (χ0) is 30.9.